The molecular formula is C19H19N3O5S. The molecule has 1 heterocycles. The minimum Gasteiger partial charge on any atom is -0.481 e. The number of aryl methyl sites for hydroxylation is 2. The van der Waals surface area contributed by atoms with E-state index in [1.54, 1.807) is 42.1 Å². The van der Waals surface area contributed by atoms with E-state index in [-0.39, 0.29) is 11.3 Å². The molecule has 28 heavy (non-hydrogen) atoms. The summed E-state index contributed by atoms with van der Waals surface area (Å²) >= 11 is 0. The van der Waals surface area contributed by atoms with Crippen molar-refractivity contribution in [1.82, 2.24) is 14.8 Å². The number of carbonyl (C=O) groups excluding carboxylic acids is 1. The highest BCUT2D eigenvalue weighted by atomic mass is 32.2. The van der Waals surface area contributed by atoms with Crippen molar-refractivity contribution in [3.63, 3.8) is 0 Å². The van der Waals surface area contributed by atoms with Gasteiger partial charge in [-0.05, 0) is 30.2 Å². The van der Waals surface area contributed by atoms with Crippen LogP contribution in [0.15, 0.2) is 59.6 Å². The van der Waals surface area contributed by atoms with E-state index in [0.29, 0.717) is 22.9 Å². The fourth-order valence-electron chi connectivity index (χ4n) is 2.85. The van der Waals surface area contributed by atoms with E-state index in [4.69, 9.17) is 5.11 Å². The van der Waals surface area contributed by atoms with Crippen LogP contribution in [-0.4, -0.2) is 30.0 Å². The number of hydrazine groups is 1. The molecule has 1 aromatic heterocycles. The lowest BCUT2D eigenvalue weighted by Crippen LogP contribution is -2.41. The Balaban J connectivity index is 1.70. The van der Waals surface area contributed by atoms with Gasteiger partial charge >= 0.3 is 5.97 Å². The summed E-state index contributed by atoms with van der Waals surface area (Å²) in [6.45, 7) is 0. The molecule has 1 amide bonds. The molecule has 0 unspecified atom stereocenters. The van der Waals surface area contributed by atoms with E-state index in [0.717, 1.165) is 5.52 Å². The van der Waals surface area contributed by atoms with Gasteiger partial charge in [0, 0.05) is 30.6 Å². The second-order valence-electron chi connectivity index (χ2n) is 6.27. The molecule has 3 N–H and O–H groups in total. The van der Waals surface area contributed by atoms with Gasteiger partial charge in [0.2, 0.25) is 0 Å². The maximum Gasteiger partial charge on any atom is 0.303 e. The summed E-state index contributed by atoms with van der Waals surface area (Å²) in [6.07, 6.45) is 1.90. The van der Waals surface area contributed by atoms with E-state index in [2.05, 4.69) is 10.3 Å². The normalized spacial score (nSPS) is 11.5. The summed E-state index contributed by atoms with van der Waals surface area (Å²) in [4.78, 5) is 25.1. The van der Waals surface area contributed by atoms with Crippen LogP contribution in [0.2, 0.25) is 0 Å². The van der Waals surface area contributed by atoms with Gasteiger partial charge in [-0.1, -0.05) is 30.3 Å². The molecule has 0 aliphatic heterocycles. The number of amides is 1. The van der Waals surface area contributed by atoms with Crippen LogP contribution in [0.5, 0.6) is 0 Å². The van der Waals surface area contributed by atoms with E-state index >= 15 is 0 Å². The number of carbonyl (C=O) groups is 2. The number of rotatable bonds is 7. The molecule has 0 saturated carbocycles. The quantitative estimate of drug-likeness (QED) is 0.522. The monoisotopic (exact) mass is 401 g/mol. The number of hydrogen-bond acceptors (Lipinski definition) is 4. The Bertz CT molecular complexity index is 1130. The Hall–Kier alpha value is -3.17. The first-order valence-electron chi connectivity index (χ1n) is 8.45. The first-order chi connectivity index (χ1) is 13.3. The molecule has 2 aromatic carbocycles. The maximum atomic E-state index is 12.4. The number of carboxylic acid groups (broad SMARTS) is 1. The van der Waals surface area contributed by atoms with Crippen LogP contribution in [0.1, 0.15) is 22.3 Å². The number of nitrogens with one attached hydrogen (secondary N) is 2. The average Bonchev–Trinajstić information content (AvgIpc) is 3.02. The summed E-state index contributed by atoms with van der Waals surface area (Å²) in [5, 5.41) is 9.41. The Morgan fingerprint density at radius 1 is 1.07 bits per heavy atom. The number of carboxylic acids is 1. The Labute approximate surface area is 161 Å². The van der Waals surface area contributed by atoms with Crippen molar-refractivity contribution in [2.45, 2.75) is 17.7 Å². The summed E-state index contributed by atoms with van der Waals surface area (Å²) in [5.74, 6) is -1.49. The van der Waals surface area contributed by atoms with Gasteiger partial charge in [0.1, 0.15) is 0 Å². The van der Waals surface area contributed by atoms with Crippen molar-refractivity contribution in [2.75, 3.05) is 0 Å². The molecule has 0 saturated heterocycles. The number of para-hydroxylation sites is 1. The standard InChI is InChI=1S/C19H19N3O5S/c1-22-12-16(15-4-2-3-5-17(15)22)19(25)20-21-28(26,27)14-9-6-13(7-10-14)8-11-18(23)24/h2-7,9-10,12,21H,8,11H2,1H3,(H,20,25)(H,23,24). The first kappa shape index (κ1) is 19.6. The summed E-state index contributed by atoms with van der Waals surface area (Å²) in [5.41, 5.74) is 4.15. The van der Waals surface area contributed by atoms with Crippen LogP contribution in [0.4, 0.5) is 0 Å². The number of aliphatic carboxylic acids is 1. The van der Waals surface area contributed by atoms with E-state index in [1.165, 1.54) is 12.1 Å². The van der Waals surface area contributed by atoms with Crippen LogP contribution in [-0.2, 0) is 28.3 Å². The smallest absolute Gasteiger partial charge is 0.303 e. The van der Waals surface area contributed by atoms with E-state index in [9.17, 15) is 18.0 Å². The third-order valence-corrected chi connectivity index (χ3v) is 5.57. The zero-order valence-corrected chi connectivity index (χ0v) is 15.9. The van der Waals surface area contributed by atoms with Gasteiger partial charge in [-0.15, -0.1) is 4.83 Å². The molecule has 8 nitrogen and oxygen atoms in total. The van der Waals surface area contributed by atoms with Crippen LogP contribution in [0.3, 0.4) is 0 Å². The van der Waals surface area contributed by atoms with Crippen molar-refractivity contribution in [3.8, 4) is 0 Å². The molecule has 0 fully saturated rings. The van der Waals surface area contributed by atoms with Gasteiger partial charge in [-0.2, -0.15) is 0 Å². The van der Waals surface area contributed by atoms with Gasteiger partial charge in [-0.3, -0.25) is 15.0 Å². The van der Waals surface area contributed by atoms with E-state index in [1.807, 2.05) is 12.1 Å². The summed E-state index contributed by atoms with van der Waals surface area (Å²) < 4.78 is 26.6. The molecule has 0 aliphatic rings. The molecular weight excluding hydrogens is 382 g/mol. The highest BCUT2D eigenvalue weighted by molar-refractivity contribution is 7.89. The van der Waals surface area contributed by atoms with E-state index < -0.39 is 21.9 Å². The number of aromatic nitrogens is 1. The zero-order valence-electron chi connectivity index (χ0n) is 15.0. The lowest BCUT2D eigenvalue weighted by atomic mass is 10.1. The third-order valence-electron chi connectivity index (χ3n) is 4.30. The summed E-state index contributed by atoms with van der Waals surface area (Å²) in [7, 11) is -2.16. The lowest BCUT2D eigenvalue weighted by Gasteiger charge is -2.09. The average molecular weight is 401 g/mol. The largest absolute Gasteiger partial charge is 0.481 e. The topological polar surface area (TPSA) is 118 Å². The van der Waals surface area contributed by atoms with Gasteiger partial charge in [-0.25, -0.2) is 8.42 Å². The summed E-state index contributed by atoms with van der Waals surface area (Å²) in [6, 6.07) is 13.1. The van der Waals surface area contributed by atoms with Gasteiger partial charge < -0.3 is 9.67 Å². The fraction of sp³-hybridized carbons (Fsp3) is 0.158. The van der Waals surface area contributed by atoms with Gasteiger partial charge in [0.25, 0.3) is 15.9 Å². The Morgan fingerprint density at radius 2 is 1.75 bits per heavy atom. The van der Waals surface area contributed by atoms with Crippen molar-refractivity contribution in [1.29, 1.82) is 0 Å². The van der Waals surface area contributed by atoms with Crippen molar-refractivity contribution >= 4 is 32.8 Å². The predicted molar refractivity (Wildman–Crippen MR) is 103 cm³/mol. The van der Waals surface area contributed by atoms with Gasteiger partial charge in [0.15, 0.2) is 0 Å². The second-order valence-corrected chi connectivity index (χ2v) is 7.95. The minimum atomic E-state index is -3.96. The van der Waals surface area contributed by atoms with Crippen LogP contribution in [0.25, 0.3) is 10.9 Å². The minimum absolute atomic E-state index is 0.0363. The molecule has 3 rings (SSSR count). The molecule has 3 aromatic rings. The predicted octanol–water partition coefficient (Wildman–Crippen LogP) is 1.82. The lowest BCUT2D eigenvalue weighted by molar-refractivity contribution is -0.136. The van der Waals surface area contributed by atoms with Crippen molar-refractivity contribution in [3.05, 3.63) is 65.9 Å². The molecule has 146 valence electrons. The number of sulfonamides is 1. The Kier molecular flexibility index (Phi) is 5.48. The number of hydrogen-bond donors (Lipinski definition) is 3. The molecule has 0 atom stereocenters. The van der Waals surface area contributed by atoms with Crippen LogP contribution >= 0.6 is 0 Å². The maximum absolute atomic E-state index is 12.4. The zero-order chi connectivity index (χ0) is 20.3. The molecule has 9 heteroatoms. The number of nitrogens with zero attached hydrogens (tertiary/aromatic N) is 1. The second kappa shape index (κ2) is 7.83. The fourth-order valence-corrected chi connectivity index (χ4v) is 3.69. The van der Waals surface area contributed by atoms with Crippen molar-refractivity contribution < 1.29 is 23.1 Å². The molecule has 0 aliphatic carbocycles. The number of fused-ring (bicyclic) bond motifs is 1. The molecule has 0 bridgehead atoms. The number of benzene rings is 2. The highest BCUT2D eigenvalue weighted by Gasteiger charge is 2.18. The van der Waals surface area contributed by atoms with Gasteiger partial charge in [0.05, 0.1) is 10.5 Å². The van der Waals surface area contributed by atoms with Crippen molar-refractivity contribution in [2.24, 2.45) is 7.05 Å². The highest BCUT2D eigenvalue weighted by Crippen LogP contribution is 2.20. The molecule has 0 spiro atoms. The Morgan fingerprint density at radius 3 is 2.43 bits per heavy atom. The van der Waals surface area contributed by atoms with Crippen LogP contribution < -0.4 is 10.3 Å². The third kappa shape index (κ3) is 4.21. The van der Waals surface area contributed by atoms with Crippen LogP contribution in [0, 0.1) is 0 Å². The molecule has 0 radical (unpaired) electrons. The SMILES string of the molecule is Cn1cc(C(=O)NNS(=O)(=O)c2ccc(CCC(=O)O)cc2)c2ccccc21. The first-order valence-corrected chi connectivity index (χ1v) is 9.93.